The summed E-state index contributed by atoms with van der Waals surface area (Å²) in [6.07, 6.45) is 8.72. The monoisotopic (exact) mass is 336 g/mol. The van der Waals surface area contributed by atoms with Crippen LogP contribution in [0.3, 0.4) is 0 Å². The van der Waals surface area contributed by atoms with Gasteiger partial charge in [0.25, 0.3) is 0 Å². The Morgan fingerprint density at radius 1 is 0.833 bits per heavy atom. The lowest BCUT2D eigenvalue weighted by Crippen LogP contribution is -2.45. The minimum atomic E-state index is -0.0336. The number of fused-ring (bicyclic) bond motifs is 2. The molecule has 3 heteroatoms. The molecule has 0 aromatic rings. The predicted molar refractivity (Wildman–Crippen MR) is 102 cm³/mol. The van der Waals surface area contributed by atoms with Crippen molar-refractivity contribution in [3.05, 3.63) is 0 Å². The van der Waals surface area contributed by atoms with Crippen LogP contribution < -0.4 is 0 Å². The summed E-state index contributed by atoms with van der Waals surface area (Å²) in [5.41, 5.74) is 0.871. The normalized spacial score (nSPS) is 40.2. The van der Waals surface area contributed by atoms with Gasteiger partial charge in [-0.15, -0.1) is 0 Å². The molecule has 140 valence electrons. The first-order valence-electron chi connectivity index (χ1n) is 9.88. The topological polar surface area (TPSA) is 23.6 Å². The van der Waals surface area contributed by atoms with E-state index in [9.17, 15) is 4.79 Å². The number of hydrogen-bond acceptors (Lipinski definition) is 3. The molecule has 0 aromatic heterocycles. The van der Waals surface area contributed by atoms with Crippen molar-refractivity contribution in [2.75, 3.05) is 40.3 Å². The third-order valence-corrected chi connectivity index (χ3v) is 6.34. The molecule has 3 rings (SSSR count). The second kappa shape index (κ2) is 7.45. The van der Waals surface area contributed by atoms with E-state index in [0.29, 0.717) is 10.8 Å². The highest BCUT2D eigenvalue weighted by molar-refractivity contribution is 5.59. The van der Waals surface area contributed by atoms with Gasteiger partial charge >= 0.3 is 0 Å². The van der Waals surface area contributed by atoms with Crippen LogP contribution in [0.15, 0.2) is 0 Å². The Morgan fingerprint density at radius 2 is 1.42 bits per heavy atom. The Hall–Kier alpha value is -0.410. The van der Waals surface area contributed by atoms with E-state index in [-0.39, 0.29) is 5.41 Å². The molecule has 0 spiro atoms. The first-order chi connectivity index (χ1) is 11.0. The van der Waals surface area contributed by atoms with Crippen molar-refractivity contribution in [1.29, 1.82) is 0 Å². The Bertz CT molecular complexity index is 424. The molecule has 3 nitrogen and oxygen atoms in total. The number of carbonyl (C=O) groups is 1. The molecule has 1 aliphatic heterocycles. The summed E-state index contributed by atoms with van der Waals surface area (Å²) in [5.74, 6) is 0.780. The fraction of sp³-hybridized carbons (Fsp3) is 0.952. The van der Waals surface area contributed by atoms with E-state index in [1.807, 2.05) is 0 Å². The molecule has 3 fully saturated rings. The molecule has 0 amide bonds. The average molecular weight is 337 g/mol. The van der Waals surface area contributed by atoms with Crippen molar-refractivity contribution in [3.8, 4) is 0 Å². The largest absolute Gasteiger partial charge is 0.305 e. The van der Waals surface area contributed by atoms with Gasteiger partial charge < -0.3 is 14.6 Å². The van der Waals surface area contributed by atoms with E-state index in [1.54, 1.807) is 0 Å². The smallest absolute Gasteiger partial charge is 0.125 e. The van der Waals surface area contributed by atoms with Gasteiger partial charge in [0.15, 0.2) is 0 Å². The number of carbonyl (C=O) groups excluding carboxylic acids is 1. The van der Waals surface area contributed by atoms with Crippen LogP contribution >= 0.6 is 0 Å². The van der Waals surface area contributed by atoms with E-state index < -0.39 is 0 Å². The lowest BCUT2D eigenvalue weighted by atomic mass is 9.50. The number of aldehydes is 1. The summed E-state index contributed by atoms with van der Waals surface area (Å²) in [6.45, 7) is 14.3. The molecular weight excluding hydrogens is 296 g/mol. The third-order valence-electron chi connectivity index (χ3n) is 6.34. The second-order valence-electron chi connectivity index (χ2n) is 10.5. The molecule has 0 radical (unpaired) electrons. The number of hydrogen-bond donors (Lipinski definition) is 0. The van der Waals surface area contributed by atoms with Gasteiger partial charge in [-0.1, -0.05) is 27.7 Å². The van der Waals surface area contributed by atoms with Crippen LogP contribution in [0.2, 0.25) is 0 Å². The van der Waals surface area contributed by atoms with Crippen molar-refractivity contribution < 1.29 is 4.79 Å². The van der Waals surface area contributed by atoms with Crippen molar-refractivity contribution in [3.63, 3.8) is 0 Å². The summed E-state index contributed by atoms with van der Waals surface area (Å²) in [5, 5.41) is 0. The molecular formula is C21H40N2O. The summed E-state index contributed by atoms with van der Waals surface area (Å²) in [6, 6.07) is 0. The fourth-order valence-electron chi connectivity index (χ4n) is 6.10. The summed E-state index contributed by atoms with van der Waals surface area (Å²) < 4.78 is 0. The van der Waals surface area contributed by atoms with Gasteiger partial charge in [0, 0.05) is 18.5 Å². The Morgan fingerprint density at radius 3 is 1.92 bits per heavy atom. The highest BCUT2D eigenvalue weighted by Crippen LogP contribution is 2.59. The predicted octanol–water partition coefficient (Wildman–Crippen LogP) is 4.07. The van der Waals surface area contributed by atoms with Crippen LogP contribution in [0.5, 0.6) is 0 Å². The number of likely N-dealkylation sites (N-methyl/N-ethyl adjacent to an activating group) is 2. The van der Waals surface area contributed by atoms with E-state index in [1.165, 1.54) is 58.1 Å². The van der Waals surface area contributed by atoms with Gasteiger partial charge in [0.1, 0.15) is 6.29 Å². The Balaban J connectivity index is 0.000000198. The molecule has 1 saturated heterocycles. The maximum absolute atomic E-state index is 11.2. The van der Waals surface area contributed by atoms with Crippen molar-refractivity contribution >= 4 is 6.29 Å². The number of rotatable bonds is 1. The van der Waals surface area contributed by atoms with Crippen molar-refractivity contribution in [2.45, 2.75) is 66.2 Å². The van der Waals surface area contributed by atoms with Crippen LogP contribution in [0.25, 0.3) is 0 Å². The van der Waals surface area contributed by atoms with Crippen LogP contribution in [0, 0.1) is 22.2 Å². The Kier molecular flexibility index (Phi) is 6.18. The third kappa shape index (κ3) is 5.56. The highest BCUT2D eigenvalue weighted by atomic mass is 16.1. The van der Waals surface area contributed by atoms with Crippen molar-refractivity contribution in [1.82, 2.24) is 9.80 Å². The average Bonchev–Trinajstić information content (AvgIpc) is 2.60. The first-order valence-corrected chi connectivity index (χ1v) is 9.88. The zero-order chi connectivity index (χ0) is 18.0. The molecule has 3 aliphatic rings. The molecule has 24 heavy (non-hydrogen) atoms. The van der Waals surface area contributed by atoms with Gasteiger partial charge in [0.05, 0.1) is 0 Å². The molecule has 1 heterocycles. The SMILES string of the molecule is CC1(C)CC2CC(C)(C=O)CC(C)(C2)C1.CN1CCCN(C)CC1. The standard InChI is InChI=1S/C14H24O.C7H16N2/c1-12(2)5-11-6-13(3,8-12)9-14(4,7-11)10-15;1-8-4-3-5-9(2)7-6-8/h10-11H,5-9H2,1-4H3;3-7H2,1-2H3. The minimum Gasteiger partial charge on any atom is -0.305 e. The maximum atomic E-state index is 11.2. The van der Waals surface area contributed by atoms with E-state index in [2.05, 4.69) is 51.6 Å². The van der Waals surface area contributed by atoms with E-state index in [0.717, 1.165) is 18.8 Å². The summed E-state index contributed by atoms with van der Waals surface area (Å²) >= 11 is 0. The van der Waals surface area contributed by atoms with Gasteiger partial charge in [-0.3, -0.25) is 0 Å². The quantitative estimate of drug-likeness (QED) is 0.674. The molecule has 3 atom stereocenters. The Labute approximate surface area is 150 Å². The van der Waals surface area contributed by atoms with Crippen LogP contribution in [0.4, 0.5) is 0 Å². The zero-order valence-corrected chi connectivity index (χ0v) is 17.0. The molecule has 2 saturated carbocycles. The molecule has 0 aromatic carbocycles. The van der Waals surface area contributed by atoms with Gasteiger partial charge in [0.2, 0.25) is 0 Å². The summed E-state index contributed by atoms with van der Waals surface area (Å²) in [7, 11) is 4.39. The highest BCUT2D eigenvalue weighted by Gasteiger charge is 2.50. The fourth-order valence-corrected chi connectivity index (χ4v) is 6.10. The molecule has 0 N–H and O–H groups in total. The van der Waals surface area contributed by atoms with Crippen molar-refractivity contribution in [2.24, 2.45) is 22.2 Å². The molecule has 2 aliphatic carbocycles. The van der Waals surface area contributed by atoms with Crippen LogP contribution in [-0.2, 0) is 4.79 Å². The minimum absolute atomic E-state index is 0.0336. The molecule has 3 unspecified atom stereocenters. The first kappa shape index (κ1) is 19.9. The molecule has 2 bridgehead atoms. The van der Waals surface area contributed by atoms with E-state index >= 15 is 0 Å². The van der Waals surface area contributed by atoms with Crippen LogP contribution in [-0.4, -0.2) is 56.4 Å². The summed E-state index contributed by atoms with van der Waals surface area (Å²) in [4.78, 5) is 16.0. The number of nitrogens with zero attached hydrogens (tertiary/aromatic N) is 2. The maximum Gasteiger partial charge on any atom is 0.125 e. The van der Waals surface area contributed by atoms with E-state index in [4.69, 9.17) is 0 Å². The second-order valence-corrected chi connectivity index (χ2v) is 10.5. The van der Waals surface area contributed by atoms with Gasteiger partial charge in [-0.2, -0.15) is 0 Å². The lowest BCUT2D eigenvalue weighted by molar-refractivity contribution is -0.125. The van der Waals surface area contributed by atoms with Crippen LogP contribution in [0.1, 0.15) is 66.2 Å². The van der Waals surface area contributed by atoms with Gasteiger partial charge in [-0.05, 0) is 82.5 Å². The zero-order valence-electron chi connectivity index (χ0n) is 17.0. The lowest BCUT2D eigenvalue weighted by Gasteiger charge is -2.54. The van der Waals surface area contributed by atoms with Gasteiger partial charge in [-0.25, -0.2) is 0 Å².